The van der Waals surface area contributed by atoms with E-state index in [1.807, 2.05) is 42.5 Å². The Hall–Kier alpha value is -3.08. The number of Topliss-reactive ketones (excluding diaryl/α,β-unsaturated/α-hetero) is 1. The van der Waals surface area contributed by atoms with Gasteiger partial charge in [0.2, 0.25) is 0 Å². The van der Waals surface area contributed by atoms with Crippen molar-refractivity contribution in [3.63, 3.8) is 0 Å². The van der Waals surface area contributed by atoms with Crippen LogP contribution in [0.3, 0.4) is 0 Å². The summed E-state index contributed by atoms with van der Waals surface area (Å²) in [5.41, 5.74) is 2.24. The van der Waals surface area contributed by atoms with E-state index in [0.717, 1.165) is 36.8 Å². The van der Waals surface area contributed by atoms with Crippen molar-refractivity contribution < 1.29 is 19.4 Å². The lowest BCUT2D eigenvalue weighted by atomic mass is 9.85. The molecule has 1 N–H and O–H groups in total. The zero-order valence-electron chi connectivity index (χ0n) is 19.2. The van der Waals surface area contributed by atoms with Gasteiger partial charge in [0.1, 0.15) is 11.5 Å². The molecule has 0 bridgehead atoms. The predicted octanol–water partition coefficient (Wildman–Crippen LogP) is 5.36. The molecule has 168 valence electrons. The van der Waals surface area contributed by atoms with E-state index in [0.29, 0.717) is 11.3 Å². The fraction of sp³-hybridized carbons (Fsp3) is 0.407. The molecule has 1 atom stereocenters. The molecular formula is C27H31NO4. The molecule has 0 spiro atoms. The number of aliphatic hydroxyl groups excluding tert-OH is 1. The van der Waals surface area contributed by atoms with E-state index in [1.165, 1.54) is 7.11 Å². The molecule has 1 aliphatic heterocycles. The molecule has 0 aromatic heterocycles. The van der Waals surface area contributed by atoms with Crippen molar-refractivity contribution in [2.24, 2.45) is 0 Å². The molecule has 1 saturated heterocycles. The smallest absolute Gasteiger partial charge is 0.295 e. The molecule has 4 rings (SSSR count). The Morgan fingerprint density at radius 1 is 1.03 bits per heavy atom. The minimum Gasteiger partial charge on any atom is -0.507 e. The fourth-order valence-corrected chi connectivity index (χ4v) is 4.88. The number of hydrogen-bond donors (Lipinski definition) is 1. The molecule has 2 aliphatic rings. The van der Waals surface area contributed by atoms with Crippen molar-refractivity contribution in [1.29, 1.82) is 0 Å². The van der Waals surface area contributed by atoms with E-state index in [-0.39, 0.29) is 22.8 Å². The molecular weight excluding hydrogens is 402 g/mol. The van der Waals surface area contributed by atoms with Gasteiger partial charge in [0, 0.05) is 6.04 Å². The quantitative estimate of drug-likeness (QED) is 0.401. The Labute approximate surface area is 189 Å². The number of rotatable bonds is 4. The summed E-state index contributed by atoms with van der Waals surface area (Å²) in [4.78, 5) is 28.2. The zero-order chi connectivity index (χ0) is 23.0. The van der Waals surface area contributed by atoms with E-state index < -0.39 is 17.7 Å². The van der Waals surface area contributed by atoms with Gasteiger partial charge in [-0.05, 0) is 41.5 Å². The molecule has 5 nitrogen and oxygen atoms in total. The summed E-state index contributed by atoms with van der Waals surface area (Å²) in [5.74, 6) is -0.875. The molecule has 2 aromatic carbocycles. The molecule has 0 radical (unpaired) electrons. The maximum Gasteiger partial charge on any atom is 0.295 e. The number of ketones is 1. The molecule has 1 unspecified atom stereocenters. The number of ether oxygens (including phenoxy) is 1. The zero-order valence-corrected chi connectivity index (χ0v) is 19.2. The van der Waals surface area contributed by atoms with Crippen LogP contribution in [0, 0.1) is 0 Å². The first-order chi connectivity index (χ1) is 15.2. The maximum atomic E-state index is 13.3. The van der Waals surface area contributed by atoms with Crippen molar-refractivity contribution in [1.82, 2.24) is 4.90 Å². The van der Waals surface area contributed by atoms with Crippen LogP contribution in [-0.4, -0.2) is 34.8 Å². The lowest BCUT2D eigenvalue weighted by Gasteiger charge is -2.30. The predicted molar refractivity (Wildman–Crippen MR) is 125 cm³/mol. The lowest BCUT2D eigenvalue weighted by Crippen LogP contribution is -2.37. The first kappa shape index (κ1) is 22.1. The van der Waals surface area contributed by atoms with Gasteiger partial charge in [-0.25, -0.2) is 0 Å². The van der Waals surface area contributed by atoms with E-state index in [9.17, 15) is 14.7 Å². The Morgan fingerprint density at radius 3 is 2.28 bits per heavy atom. The van der Waals surface area contributed by atoms with Crippen molar-refractivity contribution in [2.75, 3.05) is 7.11 Å². The van der Waals surface area contributed by atoms with Crippen LogP contribution in [0.4, 0.5) is 0 Å². The first-order valence-corrected chi connectivity index (χ1v) is 11.3. The lowest BCUT2D eigenvalue weighted by molar-refractivity contribution is -0.141. The van der Waals surface area contributed by atoms with Crippen molar-refractivity contribution in [3.8, 4) is 5.75 Å². The minimum atomic E-state index is -0.633. The van der Waals surface area contributed by atoms with Gasteiger partial charge in [0.05, 0.1) is 24.3 Å². The Balaban J connectivity index is 1.93. The van der Waals surface area contributed by atoms with Crippen LogP contribution in [0.15, 0.2) is 54.1 Å². The molecule has 32 heavy (non-hydrogen) atoms. The van der Waals surface area contributed by atoms with Gasteiger partial charge in [-0.15, -0.1) is 0 Å². The molecule has 1 saturated carbocycles. The van der Waals surface area contributed by atoms with Gasteiger partial charge in [0.15, 0.2) is 0 Å². The van der Waals surface area contributed by atoms with E-state index in [1.54, 1.807) is 11.0 Å². The SMILES string of the molecule is COc1ccc(C(C)(C)C)cc1/C(O)=C1\C(=O)C(=O)N(C2CCCC2)C1c1ccccc1. The highest BCUT2D eigenvalue weighted by Crippen LogP contribution is 2.44. The summed E-state index contributed by atoms with van der Waals surface area (Å²) in [6, 6.07) is 14.5. The number of benzene rings is 2. The average molecular weight is 434 g/mol. The number of amides is 1. The van der Waals surface area contributed by atoms with Gasteiger partial charge >= 0.3 is 0 Å². The molecule has 1 aliphatic carbocycles. The number of methoxy groups -OCH3 is 1. The van der Waals surface area contributed by atoms with E-state index in [2.05, 4.69) is 20.8 Å². The van der Waals surface area contributed by atoms with Crippen LogP contribution >= 0.6 is 0 Å². The highest BCUT2D eigenvalue weighted by atomic mass is 16.5. The normalized spacial score (nSPS) is 21.4. The number of carbonyl (C=O) groups is 2. The van der Waals surface area contributed by atoms with Gasteiger partial charge in [-0.2, -0.15) is 0 Å². The number of aliphatic hydroxyl groups is 1. The monoisotopic (exact) mass is 433 g/mol. The van der Waals surface area contributed by atoms with E-state index >= 15 is 0 Å². The second-order valence-electron chi connectivity index (χ2n) is 9.72. The second-order valence-corrected chi connectivity index (χ2v) is 9.72. The van der Waals surface area contributed by atoms with E-state index in [4.69, 9.17) is 4.74 Å². The minimum absolute atomic E-state index is 0.00441. The fourth-order valence-electron chi connectivity index (χ4n) is 4.88. The van der Waals surface area contributed by atoms with Crippen molar-refractivity contribution in [3.05, 3.63) is 70.8 Å². The van der Waals surface area contributed by atoms with Crippen LogP contribution in [0.5, 0.6) is 5.75 Å². The Morgan fingerprint density at radius 2 is 1.69 bits per heavy atom. The standard InChI is InChI=1S/C27H31NO4/c1-27(2,3)18-14-15-21(32-4)20(16-18)24(29)22-23(17-10-6-5-7-11-17)28(26(31)25(22)30)19-12-8-9-13-19/h5-7,10-11,14-16,19,23,29H,8-9,12-13H2,1-4H3/b24-22+. The molecule has 1 heterocycles. The summed E-state index contributed by atoms with van der Waals surface area (Å²) < 4.78 is 5.52. The molecule has 5 heteroatoms. The Kier molecular flexibility index (Phi) is 5.85. The van der Waals surface area contributed by atoms with Crippen LogP contribution in [0.2, 0.25) is 0 Å². The largest absolute Gasteiger partial charge is 0.507 e. The van der Waals surface area contributed by atoms with Gasteiger partial charge < -0.3 is 14.7 Å². The van der Waals surface area contributed by atoms with Crippen molar-refractivity contribution in [2.45, 2.75) is 64.0 Å². The van der Waals surface area contributed by atoms with Gasteiger partial charge in [-0.3, -0.25) is 9.59 Å². The molecule has 1 amide bonds. The summed E-state index contributed by atoms with van der Waals surface area (Å²) in [7, 11) is 1.54. The van der Waals surface area contributed by atoms with Crippen LogP contribution in [-0.2, 0) is 15.0 Å². The topological polar surface area (TPSA) is 66.8 Å². The number of likely N-dealkylation sites (tertiary alicyclic amines) is 1. The maximum absolute atomic E-state index is 13.3. The highest BCUT2D eigenvalue weighted by Gasteiger charge is 2.49. The summed E-state index contributed by atoms with van der Waals surface area (Å²) >= 11 is 0. The van der Waals surface area contributed by atoms with Crippen LogP contribution in [0.1, 0.15) is 69.2 Å². The average Bonchev–Trinajstić information content (AvgIpc) is 3.39. The second kappa shape index (κ2) is 8.45. The highest BCUT2D eigenvalue weighted by molar-refractivity contribution is 6.46. The van der Waals surface area contributed by atoms with Crippen LogP contribution in [0.25, 0.3) is 5.76 Å². The summed E-state index contributed by atoms with van der Waals surface area (Å²) in [5, 5.41) is 11.5. The summed E-state index contributed by atoms with van der Waals surface area (Å²) in [6.07, 6.45) is 3.83. The first-order valence-electron chi connectivity index (χ1n) is 11.3. The van der Waals surface area contributed by atoms with Crippen molar-refractivity contribution >= 4 is 17.4 Å². The Bertz CT molecular complexity index is 1060. The third kappa shape index (κ3) is 3.81. The third-order valence-corrected chi connectivity index (χ3v) is 6.63. The van der Waals surface area contributed by atoms with Crippen LogP contribution < -0.4 is 4.74 Å². The molecule has 2 fully saturated rings. The third-order valence-electron chi connectivity index (χ3n) is 6.63. The summed E-state index contributed by atoms with van der Waals surface area (Å²) in [6.45, 7) is 6.25. The van der Waals surface area contributed by atoms with Gasteiger partial charge in [-0.1, -0.05) is 70.0 Å². The number of carbonyl (C=O) groups excluding carboxylic acids is 2. The number of hydrogen-bond acceptors (Lipinski definition) is 4. The number of nitrogens with zero attached hydrogens (tertiary/aromatic N) is 1. The van der Waals surface area contributed by atoms with Gasteiger partial charge in [0.25, 0.3) is 11.7 Å². The molecule has 2 aromatic rings.